The minimum Gasteiger partial charge on any atom is -0.318 e. The van der Waals surface area contributed by atoms with Crippen molar-refractivity contribution >= 4 is 17.2 Å². The van der Waals surface area contributed by atoms with Crippen molar-refractivity contribution < 1.29 is 4.79 Å². The SMILES string of the molecule is O=C1CNC(c2ccc(-c3ccccc3)s2)N1C1CCC1. The summed E-state index contributed by atoms with van der Waals surface area (Å²) in [6.45, 7) is 0.472. The van der Waals surface area contributed by atoms with Gasteiger partial charge in [-0.1, -0.05) is 30.3 Å². The van der Waals surface area contributed by atoms with Gasteiger partial charge in [0.05, 0.1) is 6.54 Å². The highest BCUT2D eigenvalue weighted by molar-refractivity contribution is 7.15. The maximum atomic E-state index is 12.1. The average Bonchev–Trinajstić information content (AvgIpc) is 3.07. The van der Waals surface area contributed by atoms with Crippen LogP contribution in [0.5, 0.6) is 0 Å². The Hall–Kier alpha value is -1.65. The molecule has 0 spiro atoms. The van der Waals surface area contributed by atoms with Crippen molar-refractivity contribution in [3.63, 3.8) is 0 Å². The van der Waals surface area contributed by atoms with Crippen LogP contribution in [0.2, 0.25) is 0 Å². The molecule has 2 aromatic rings. The maximum absolute atomic E-state index is 12.1. The molecule has 1 saturated carbocycles. The summed E-state index contributed by atoms with van der Waals surface area (Å²) in [5.74, 6) is 0.249. The van der Waals surface area contributed by atoms with Gasteiger partial charge in [-0.2, -0.15) is 0 Å². The number of carbonyl (C=O) groups excluding carboxylic acids is 1. The van der Waals surface area contributed by atoms with Crippen LogP contribution >= 0.6 is 11.3 Å². The number of carbonyl (C=O) groups is 1. The lowest BCUT2D eigenvalue weighted by molar-refractivity contribution is -0.132. The number of rotatable bonds is 3. The summed E-state index contributed by atoms with van der Waals surface area (Å²) in [5, 5.41) is 3.37. The molecule has 1 saturated heterocycles. The molecule has 1 N–H and O–H groups in total. The first-order valence-corrected chi connectivity index (χ1v) is 8.34. The predicted molar refractivity (Wildman–Crippen MR) is 85.0 cm³/mol. The minimum atomic E-state index is 0.0743. The van der Waals surface area contributed by atoms with Crippen LogP contribution in [-0.2, 0) is 4.79 Å². The second-order valence-corrected chi connectivity index (χ2v) is 6.85. The zero-order chi connectivity index (χ0) is 14.2. The van der Waals surface area contributed by atoms with Crippen LogP contribution in [0.3, 0.4) is 0 Å². The van der Waals surface area contributed by atoms with Gasteiger partial charge >= 0.3 is 0 Å². The fraction of sp³-hybridized carbons (Fsp3) is 0.353. The quantitative estimate of drug-likeness (QED) is 0.942. The smallest absolute Gasteiger partial charge is 0.238 e. The van der Waals surface area contributed by atoms with Crippen LogP contribution in [0.4, 0.5) is 0 Å². The second-order valence-electron chi connectivity index (χ2n) is 5.74. The van der Waals surface area contributed by atoms with E-state index >= 15 is 0 Å². The first-order valence-electron chi connectivity index (χ1n) is 7.52. The van der Waals surface area contributed by atoms with E-state index in [0.29, 0.717) is 12.6 Å². The van der Waals surface area contributed by atoms with E-state index in [-0.39, 0.29) is 12.1 Å². The second kappa shape index (κ2) is 5.28. The fourth-order valence-corrected chi connectivity index (χ4v) is 4.18. The fourth-order valence-electron chi connectivity index (χ4n) is 3.09. The summed E-state index contributed by atoms with van der Waals surface area (Å²) in [4.78, 5) is 16.7. The molecule has 1 atom stereocenters. The van der Waals surface area contributed by atoms with E-state index < -0.39 is 0 Å². The van der Waals surface area contributed by atoms with E-state index in [4.69, 9.17) is 0 Å². The Bertz CT molecular complexity index is 648. The number of hydrogen-bond donors (Lipinski definition) is 1. The van der Waals surface area contributed by atoms with Crippen molar-refractivity contribution in [2.24, 2.45) is 0 Å². The van der Waals surface area contributed by atoms with Gasteiger partial charge < -0.3 is 4.90 Å². The number of amides is 1. The molecule has 2 fully saturated rings. The van der Waals surface area contributed by atoms with Crippen molar-refractivity contribution in [2.75, 3.05) is 6.54 Å². The molecule has 4 heteroatoms. The van der Waals surface area contributed by atoms with Gasteiger partial charge in [0.15, 0.2) is 0 Å². The molecule has 1 aliphatic heterocycles. The molecular weight excluding hydrogens is 280 g/mol. The largest absolute Gasteiger partial charge is 0.318 e. The van der Waals surface area contributed by atoms with Crippen molar-refractivity contribution in [1.29, 1.82) is 0 Å². The summed E-state index contributed by atoms with van der Waals surface area (Å²) in [7, 11) is 0. The molecule has 1 amide bonds. The van der Waals surface area contributed by atoms with E-state index in [0.717, 1.165) is 12.8 Å². The molecule has 1 unspecified atom stereocenters. The molecule has 0 bridgehead atoms. The highest BCUT2D eigenvalue weighted by Gasteiger charge is 2.39. The van der Waals surface area contributed by atoms with Gasteiger partial charge in [0.2, 0.25) is 5.91 Å². The van der Waals surface area contributed by atoms with Crippen LogP contribution in [0.1, 0.15) is 30.3 Å². The molecular formula is C17H18N2OS. The maximum Gasteiger partial charge on any atom is 0.238 e. The lowest BCUT2D eigenvalue weighted by Crippen LogP contribution is -2.43. The van der Waals surface area contributed by atoms with Gasteiger partial charge in [0.25, 0.3) is 0 Å². The van der Waals surface area contributed by atoms with Crippen molar-refractivity contribution in [3.8, 4) is 10.4 Å². The molecule has 108 valence electrons. The van der Waals surface area contributed by atoms with E-state index in [1.807, 2.05) is 6.07 Å². The average molecular weight is 298 g/mol. The Kier molecular flexibility index (Phi) is 3.28. The molecule has 1 aliphatic carbocycles. The lowest BCUT2D eigenvalue weighted by Gasteiger charge is -2.37. The molecule has 2 aliphatic rings. The Labute approximate surface area is 128 Å². The van der Waals surface area contributed by atoms with Gasteiger partial charge in [-0.25, -0.2) is 0 Å². The first kappa shape index (κ1) is 13.0. The third kappa shape index (κ3) is 2.28. The van der Waals surface area contributed by atoms with Crippen molar-refractivity contribution in [3.05, 3.63) is 47.3 Å². The van der Waals surface area contributed by atoms with Crippen LogP contribution in [0.15, 0.2) is 42.5 Å². The third-order valence-corrected chi connectivity index (χ3v) is 5.62. The van der Waals surface area contributed by atoms with Crippen molar-refractivity contribution in [2.45, 2.75) is 31.5 Å². The standard InChI is InChI=1S/C17H18N2OS/c20-16-11-18-17(19(16)13-7-4-8-13)15-10-9-14(21-15)12-5-2-1-3-6-12/h1-3,5-6,9-10,13,17-18H,4,7-8,11H2. The summed E-state index contributed by atoms with van der Waals surface area (Å²) in [5.41, 5.74) is 1.24. The molecule has 1 aromatic carbocycles. The van der Waals surface area contributed by atoms with Gasteiger partial charge in [-0.15, -0.1) is 11.3 Å². The van der Waals surface area contributed by atoms with Crippen molar-refractivity contribution in [1.82, 2.24) is 10.2 Å². The summed E-state index contributed by atoms with van der Waals surface area (Å²) in [6, 6.07) is 15.2. The number of nitrogens with one attached hydrogen (secondary N) is 1. The summed E-state index contributed by atoms with van der Waals surface area (Å²) >= 11 is 1.78. The zero-order valence-electron chi connectivity index (χ0n) is 11.8. The number of nitrogens with zero attached hydrogens (tertiary/aromatic N) is 1. The van der Waals surface area contributed by atoms with Crippen LogP contribution < -0.4 is 5.32 Å². The minimum absolute atomic E-state index is 0.0743. The Morgan fingerprint density at radius 3 is 2.62 bits per heavy atom. The molecule has 1 aromatic heterocycles. The normalized spacial score (nSPS) is 22.6. The molecule has 0 radical (unpaired) electrons. The first-order chi connectivity index (χ1) is 10.3. The highest BCUT2D eigenvalue weighted by Crippen LogP contribution is 2.38. The Morgan fingerprint density at radius 1 is 1.10 bits per heavy atom. The van der Waals surface area contributed by atoms with Crippen LogP contribution in [0.25, 0.3) is 10.4 Å². The third-order valence-electron chi connectivity index (χ3n) is 4.44. The highest BCUT2D eigenvalue weighted by atomic mass is 32.1. The van der Waals surface area contributed by atoms with Crippen LogP contribution in [-0.4, -0.2) is 23.4 Å². The predicted octanol–water partition coefficient (Wildman–Crippen LogP) is 3.40. The topological polar surface area (TPSA) is 32.3 Å². The molecule has 2 heterocycles. The Morgan fingerprint density at radius 2 is 1.90 bits per heavy atom. The molecule has 3 nitrogen and oxygen atoms in total. The van der Waals surface area contributed by atoms with E-state index in [9.17, 15) is 4.79 Å². The molecule has 21 heavy (non-hydrogen) atoms. The van der Waals surface area contributed by atoms with E-state index in [1.54, 1.807) is 11.3 Å². The van der Waals surface area contributed by atoms with Gasteiger partial charge in [-0.3, -0.25) is 10.1 Å². The van der Waals surface area contributed by atoms with Gasteiger partial charge in [0.1, 0.15) is 6.17 Å². The van der Waals surface area contributed by atoms with E-state index in [1.165, 1.54) is 21.7 Å². The number of hydrogen-bond acceptors (Lipinski definition) is 3. The summed E-state index contributed by atoms with van der Waals surface area (Å²) < 4.78 is 0. The molecule has 4 rings (SSSR count). The monoisotopic (exact) mass is 298 g/mol. The number of thiophene rings is 1. The number of benzene rings is 1. The zero-order valence-corrected chi connectivity index (χ0v) is 12.6. The van der Waals surface area contributed by atoms with Crippen LogP contribution in [0, 0.1) is 0 Å². The Balaban J connectivity index is 1.61. The summed E-state index contributed by atoms with van der Waals surface area (Å²) in [6.07, 6.45) is 3.63. The van der Waals surface area contributed by atoms with Gasteiger partial charge in [-0.05, 0) is 37.0 Å². The van der Waals surface area contributed by atoms with E-state index in [2.05, 4.69) is 46.6 Å². The van der Waals surface area contributed by atoms with Gasteiger partial charge in [0, 0.05) is 15.8 Å². The lowest BCUT2D eigenvalue weighted by atomic mass is 9.91.